The second-order valence-electron chi connectivity index (χ2n) is 5.67. The molecule has 1 heterocycles. The minimum atomic E-state index is 0.391. The van der Waals surface area contributed by atoms with Crippen LogP contribution in [0.5, 0.6) is 0 Å². The first-order valence-corrected chi connectivity index (χ1v) is 7.50. The lowest BCUT2D eigenvalue weighted by Crippen LogP contribution is -2.15. The van der Waals surface area contributed by atoms with E-state index in [1.54, 1.807) is 0 Å². The Morgan fingerprint density at radius 1 is 1.25 bits per heavy atom. The molecule has 0 saturated heterocycles. The number of nitrogens with one attached hydrogen (secondary N) is 1. The molecule has 2 atom stereocenters. The van der Waals surface area contributed by atoms with E-state index in [0.717, 1.165) is 0 Å². The molecule has 1 N–H and O–H groups in total. The van der Waals surface area contributed by atoms with Gasteiger partial charge in [-0.3, -0.25) is 4.98 Å². The molecule has 104 valence electrons. The van der Waals surface area contributed by atoms with Crippen LogP contribution >= 0.6 is 0 Å². The van der Waals surface area contributed by atoms with Crippen LogP contribution < -0.4 is 5.32 Å². The van der Waals surface area contributed by atoms with E-state index in [-0.39, 0.29) is 0 Å². The van der Waals surface area contributed by atoms with E-state index in [1.807, 2.05) is 13.2 Å². The predicted octanol–water partition coefficient (Wildman–Crippen LogP) is 3.83. The number of pyridine rings is 1. The van der Waals surface area contributed by atoms with Crippen LogP contribution in [-0.2, 0) is 6.42 Å². The number of rotatable bonds is 3. The van der Waals surface area contributed by atoms with Crippen LogP contribution in [0.15, 0.2) is 42.6 Å². The Hall–Kier alpha value is -1.67. The molecule has 2 aromatic rings. The van der Waals surface area contributed by atoms with Gasteiger partial charge in [-0.15, -0.1) is 0 Å². The average molecular weight is 266 g/mol. The SMILES string of the molecule is CNC(C)c1cccc(C2CCCc3cccnc32)c1. The van der Waals surface area contributed by atoms with Gasteiger partial charge in [0.2, 0.25) is 0 Å². The van der Waals surface area contributed by atoms with E-state index in [4.69, 9.17) is 0 Å². The minimum Gasteiger partial charge on any atom is -0.313 e. The Balaban J connectivity index is 1.98. The normalized spacial score (nSPS) is 19.4. The average Bonchev–Trinajstić information content (AvgIpc) is 2.53. The van der Waals surface area contributed by atoms with Gasteiger partial charge < -0.3 is 5.32 Å². The van der Waals surface area contributed by atoms with E-state index in [2.05, 4.69) is 53.6 Å². The number of nitrogens with zero attached hydrogens (tertiary/aromatic N) is 1. The predicted molar refractivity (Wildman–Crippen MR) is 82.9 cm³/mol. The van der Waals surface area contributed by atoms with Crippen molar-refractivity contribution in [3.8, 4) is 0 Å². The fourth-order valence-corrected chi connectivity index (χ4v) is 3.15. The van der Waals surface area contributed by atoms with Crippen LogP contribution in [0.25, 0.3) is 0 Å². The maximum atomic E-state index is 4.66. The molecule has 3 rings (SSSR count). The van der Waals surface area contributed by atoms with E-state index >= 15 is 0 Å². The molecule has 0 amide bonds. The monoisotopic (exact) mass is 266 g/mol. The third-order valence-electron chi connectivity index (χ3n) is 4.44. The molecule has 0 aliphatic heterocycles. The molecule has 0 radical (unpaired) electrons. The molecule has 1 aliphatic rings. The van der Waals surface area contributed by atoms with Crippen LogP contribution in [-0.4, -0.2) is 12.0 Å². The van der Waals surface area contributed by atoms with Crippen molar-refractivity contribution >= 4 is 0 Å². The van der Waals surface area contributed by atoms with E-state index in [0.29, 0.717) is 12.0 Å². The molecule has 1 aromatic heterocycles. The van der Waals surface area contributed by atoms with Crippen LogP contribution in [0.3, 0.4) is 0 Å². The highest BCUT2D eigenvalue weighted by Gasteiger charge is 2.23. The number of aryl methyl sites for hydroxylation is 1. The number of hydrogen-bond donors (Lipinski definition) is 1. The highest BCUT2D eigenvalue weighted by atomic mass is 14.8. The Bertz CT molecular complexity index is 591. The number of aromatic nitrogens is 1. The molecular formula is C18H22N2. The van der Waals surface area contributed by atoms with Gasteiger partial charge in [0.15, 0.2) is 0 Å². The zero-order chi connectivity index (χ0) is 13.9. The quantitative estimate of drug-likeness (QED) is 0.913. The molecule has 0 fully saturated rings. The topological polar surface area (TPSA) is 24.9 Å². The maximum Gasteiger partial charge on any atom is 0.0510 e. The first kappa shape index (κ1) is 13.3. The van der Waals surface area contributed by atoms with Gasteiger partial charge >= 0.3 is 0 Å². The maximum absolute atomic E-state index is 4.66. The lowest BCUT2D eigenvalue weighted by atomic mass is 9.81. The summed E-state index contributed by atoms with van der Waals surface area (Å²) in [6.45, 7) is 2.20. The van der Waals surface area contributed by atoms with E-state index in [9.17, 15) is 0 Å². The van der Waals surface area contributed by atoms with E-state index in [1.165, 1.54) is 41.6 Å². The molecule has 0 bridgehead atoms. The van der Waals surface area contributed by atoms with Crippen LogP contribution in [0.4, 0.5) is 0 Å². The Morgan fingerprint density at radius 3 is 3.00 bits per heavy atom. The zero-order valence-electron chi connectivity index (χ0n) is 12.3. The second-order valence-corrected chi connectivity index (χ2v) is 5.67. The molecule has 2 nitrogen and oxygen atoms in total. The second kappa shape index (κ2) is 5.76. The van der Waals surface area contributed by atoms with Gasteiger partial charge in [-0.25, -0.2) is 0 Å². The van der Waals surface area contributed by atoms with Crippen molar-refractivity contribution in [2.75, 3.05) is 7.05 Å². The Kier molecular flexibility index (Phi) is 3.83. The van der Waals surface area contributed by atoms with E-state index < -0.39 is 0 Å². The summed E-state index contributed by atoms with van der Waals surface area (Å²) in [4.78, 5) is 4.66. The largest absolute Gasteiger partial charge is 0.313 e. The highest BCUT2D eigenvalue weighted by Crippen LogP contribution is 2.35. The van der Waals surface area contributed by atoms with Crippen LogP contribution in [0.1, 0.15) is 54.1 Å². The first-order valence-electron chi connectivity index (χ1n) is 7.50. The summed E-state index contributed by atoms with van der Waals surface area (Å²) in [5, 5.41) is 3.31. The highest BCUT2D eigenvalue weighted by molar-refractivity contribution is 5.37. The first-order chi connectivity index (χ1) is 9.79. The molecule has 0 saturated carbocycles. The summed E-state index contributed by atoms with van der Waals surface area (Å²) in [7, 11) is 2.01. The molecule has 0 spiro atoms. The summed E-state index contributed by atoms with van der Waals surface area (Å²) in [5.41, 5.74) is 5.47. The lowest BCUT2D eigenvalue weighted by Gasteiger charge is -2.25. The summed E-state index contributed by atoms with van der Waals surface area (Å²) < 4.78 is 0. The van der Waals surface area contributed by atoms with Crippen molar-refractivity contribution in [1.29, 1.82) is 0 Å². The fourth-order valence-electron chi connectivity index (χ4n) is 3.15. The summed E-state index contributed by atoms with van der Waals surface area (Å²) in [5.74, 6) is 0.462. The van der Waals surface area contributed by atoms with Gasteiger partial charge in [0.25, 0.3) is 0 Å². The van der Waals surface area contributed by atoms with Crippen LogP contribution in [0, 0.1) is 0 Å². The zero-order valence-corrected chi connectivity index (χ0v) is 12.3. The lowest BCUT2D eigenvalue weighted by molar-refractivity contribution is 0.595. The van der Waals surface area contributed by atoms with Crippen molar-refractivity contribution in [3.05, 3.63) is 65.0 Å². The van der Waals surface area contributed by atoms with Gasteiger partial charge in [-0.1, -0.05) is 30.3 Å². The Morgan fingerprint density at radius 2 is 2.15 bits per heavy atom. The van der Waals surface area contributed by atoms with Crippen LogP contribution in [0.2, 0.25) is 0 Å². The van der Waals surface area contributed by atoms with Crippen molar-refractivity contribution in [3.63, 3.8) is 0 Å². The minimum absolute atomic E-state index is 0.391. The van der Waals surface area contributed by atoms with Crippen molar-refractivity contribution < 1.29 is 0 Å². The number of benzene rings is 1. The van der Waals surface area contributed by atoms with Gasteiger partial charge in [-0.05, 0) is 56.0 Å². The molecule has 1 aliphatic carbocycles. The van der Waals surface area contributed by atoms with Crippen molar-refractivity contribution in [2.24, 2.45) is 0 Å². The molecule has 1 aromatic carbocycles. The molecular weight excluding hydrogens is 244 g/mol. The Labute approximate surface area is 121 Å². The van der Waals surface area contributed by atoms with Gasteiger partial charge in [0, 0.05) is 18.2 Å². The van der Waals surface area contributed by atoms with Gasteiger partial charge in [0.1, 0.15) is 0 Å². The summed E-state index contributed by atoms with van der Waals surface area (Å²) in [6, 6.07) is 13.6. The van der Waals surface area contributed by atoms with Gasteiger partial charge in [-0.2, -0.15) is 0 Å². The smallest absolute Gasteiger partial charge is 0.0510 e. The van der Waals surface area contributed by atoms with Crippen molar-refractivity contribution in [1.82, 2.24) is 10.3 Å². The summed E-state index contributed by atoms with van der Waals surface area (Å²) >= 11 is 0. The fraction of sp³-hybridized carbons (Fsp3) is 0.389. The third-order valence-corrected chi connectivity index (χ3v) is 4.44. The number of hydrogen-bond acceptors (Lipinski definition) is 2. The summed E-state index contributed by atoms with van der Waals surface area (Å²) in [6.07, 6.45) is 5.57. The number of fused-ring (bicyclic) bond motifs is 1. The molecule has 20 heavy (non-hydrogen) atoms. The van der Waals surface area contributed by atoms with Gasteiger partial charge in [0.05, 0.1) is 5.69 Å². The molecule has 2 unspecified atom stereocenters. The third kappa shape index (κ3) is 2.48. The molecule has 2 heteroatoms. The standard InChI is InChI=1S/C18H22N2/c1-13(19-2)15-7-3-8-16(12-15)17-10-4-6-14-9-5-11-20-18(14)17/h3,5,7-9,11-13,17,19H,4,6,10H2,1-2H3. The van der Waals surface area contributed by atoms with Crippen molar-refractivity contribution in [2.45, 2.75) is 38.1 Å².